The number of para-hydroxylation sites is 2. The summed E-state index contributed by atoms with van der Waals surface area (Å²) in [6.07, 6.45) is -1.40. The van der Waals surface area contributed by atoms with Gasteiger partial charge in [0, 0.05) is 5.56 Å². The van der Waals surface area contributed by atoms with Crippen LogP contribution in [0.3, 0.4) is 0 Å². The first-order valence-electron chi connectivity index (χ1n) is 9.74. The van der Waals surface area contributed by atoms with Crippen LogP contribution >= 0.6 is 11.3 Å². The summed E-state index contributed by atoms with van der Waals surface area (Å²) in [5.74, 6) is 0.725. The summed E-state index contributed by atoms with van der Waals surface area (Å²) in [5.41, 5.74) is 2.45. The maximum atomic E-state index is 12.7. The van der Waals surface area contributed by atoms with E-state index in [4.69, 9.17) is 14.2 Å². The third-order valence-electron chi connectivity index (χ3n) is 4.47. The molecule has 1 aromatic heterocycles. The second kappa shape index (κ2) is 9.05. The van der Waals surface area contributed by atoms with E-state index in [0.717, 1.165) is 22.5 Å². The lowest BCUT2D eigenvalue weighted by Gasteiger charge is -2.25. The van der Waals surface area contributed by atoms with E-state index in [1.165, 1.54) is 0 Å². The Morgan fingerprint density at radius 3 is 2.61 bits per heavy atom. The van der Waals surface area contributed by atoms with Gasteiger partial charge in [-0.25, -0.2) is 9.78 Å². The van der Waals surface area contributed by atoms with Crippen molar-refractivity contribution in [3.8, 4) is 22.8 Å². The van der Waals surface area contributed by atoms with Gasteiger partial charge in [0.1, 0.15) is 17.3 Å². The summed E-state index contributed by atoms with van der Waals surface area (Å²) in [6, 6.07) is 14.9. The molecule has 2 heterocycles. The Balaban J connectivity index is 1.54. The van der Waals surface area contributed by atoms with E-state index in [1.807, 2.05) is 43.3 Å². The molecular weight excluding hydrogens is 418 g/mol. The van der Waals surface area contributed by atoms with Gasteiger partial charge in [-0.2, -0.15) is 0 Å². The lowest BCUT2D eigenvalue weighted by atomic mass is 10.1. The van der Waals surface area contributed by atoms with Crippen molar-refractivity contribution >= 4 is 33.5 Å². The van der Waals surface area contributed by atoms with Crippen molar-refractivity contribution in [2.75, 3.05) is 23.8 Å². The normalized spacial score (nSPS) is 14.6. The van der Waals surface area contributed by atoms with Gasteiger partial charge in [-0.1, -0.05) is 53.3 Å². The molecule has 0 bridgehead atoms. The van der Waals surface area contributed by atoms with Crippen molar-refractivity contribution in [1.82, 2.24) is 4.98 Å². The van der Waals surface area contributed by atoms with Gasteiger partial charge in [0.2, 0.25) is 6.10 Å². The lowest BCUT2D eigenvalue weighted by Crippen LogP contribution is -2.40. The minimum absolute atomic E-state index is 0.0903. The molecule has 2 aromatic carbocycles. The van der Waals surface area contributed by atoms with Gasteiger partial charge in [-0.15, -0.1) is 0 Å². The molecule has 0 saturated carbocycles. The van der Waals surface area contributed by atoms with Crippen molar-refractivity contribution in [3.05, 3.63) is 54.1 Å². The number of carbonyl (C=O) groups excluding carboxylic acids is 2. The van der Waals surface area contributed by atoms with Gasteiger partial charge in [0.25, 0.3) is 5.91 Å². The molecule has 1 unspecified atom stereocenters. The highest BCUT2D eigenvalue weighted by molar-refractivity contribution is 7.20. The fourth-order valence-corrected chi connectivity index (χ4v) is 3.84. The van der Waals surface area contributed by atoms with Gasteiger partial charge in [-0.3, -0.25) is 15.4 Å². The number of anilines is 2. The number of amides is 2. The summed E-state index contributed by atoms with van der Waals surface area (Å²) in [5, 5.41) is 6.26. The molecule has 1 aliphatic heterocycles. The van der Waals surface area contributed by atoms with Gasteiger partial charge >= 0.3 is 6.09 Å². The smallest absolute Gasteiger partial charge is 0.412 e. The number of thiazole rings is 1. The van der Waals surface area contributed by atoms with Crippen LogP contribution in [0.25, 0.3) is 11.3 Å². The molecule has 0 spiro atoms. The molecule has 8 nitrogen and oxygen atoms in total. The van der Waals surface area contributed by atoms with Gasteiger partial charge < -0.3 is 14.2 Å². The third-order valence-corrected chi connectivity index (χ3v) is 5.36. The molecule has 3 aromatic rings. The Hall–Kier alpha value is -3.59. The van der Waals surface area contributed by atoms with Crippen LogP contribution in [0.15, 0.2) is 48.5 Å². The fraction of sp³-hybridized carbons (Fsp3) is 0.227. The highest BCUT2D eigenvalue weighted by Gasteiger charge is 2.28. The number of hydrogen-bond donors (Lipinski definition) is 2. The molecule has 0 saturated heterocycles. The predicted molar refractivity (Wildman–Crippen MR) is 118 cm³/mol. The van der Waals surface area contributed by atoms with Gasteiger partial charge in [0.15, 0.2) is 16.6 Å². The van der Waals surface area contributed by atoms with Crippen molar-refractivity contribution in [2.45, 2.75) is 20.0 Å². The van der Waals surface area contributed by atoms with Crippen LogP contribution in [0.5, 0.6) is 11.5 Å². The van der Waals surface area contributed by atoms with Crippen LogP contribution in [0.2, 0.25) is 0 Å². The Kier molecular flexibility index (Phi) is 6.03. The zero-order valence-corrected chi connectivity index (χ0v) is 17.8. The first-order valence-corrected chi connectivity index (χ1v) is 10.6. The number of carbonyl (C=O) groups is 2. The topological polar surface area (TPSA) is 98.8 Å². The number of aryl methyl sites for hydroxylation is 1. The summed E-state index contributed by atoms with van der Waals surface area (Å²) in [6.45, 7) is 4.05. The highest BCUT2D eigenvalue weighted by atomic mass is 32.1. The number of ether oxygens (including phenoxy) is 3. The second-order valence-corrected chi connectivity index (χ2v) is 7.76. The number of fused-ring (bicyclic) bond motifs is 1. The van der Waals surface area contributed by atoms with Crippen LogP contribution in [-0.2, 0) is 9.53 Å². The van der Waals surface area contributed by atoms with Crippen LogP contribution < -0.4 is 20.1 Å². The van der Waals surface area contributed by atoms with E-state index >= 15 is 0 Å². The standard InChI is InChI=1S/C22H21N3O5S/c1-3-28-22(27)25-20-18(14-10-8-13(2)9-11-14)23-21(31-20)24-19(26)17-12-29-15-6-4-5-7-16(15)30-17/h4-11,17H,3,12H2,1-2H3,(H,25,27)(H,23,24,26). The molecule has 2 N–H and O–H groups in total. The maximum absolute atomic E-state index is 12.7. The number of nitrogens with zero attached hydrogens (tertiary/aromatic N) is 1. The van der Waals surface area contributed by atoms with E-state index in [1.54, 1.807) is 19.1 Å². The average molecular weight is 439 g/mol. The summed E-state index contributed by atoms with van der Waals surface area (Å²) < 4.78 is 16.3. The van der Waals surface area contributed by atoms with Crippen LogP contribution in [0, 0.1) is 6.92 Å². The Bertz CT molecular complexity index is 1100. The average Bonchev–Trinajstić information content (AvgIpc) is 3.15. The van der Waals surface area contributed by atoms with Crippen LogP contribution in [0.1, 0.15) is 12.5 Å². The van der Waals surface area contributed by atoms with Gasteiger partial charge in [0.05, 0.1) is 6.61 Å². The van der Waals surface area contributed by atoms with Gasteiger partial charge in [-0.05, 0) is 26.0 Å². The molecule has 2 amide bonds. The number of hydrogen-bond acceptors (Lipinski definition) is 7. The van der Waals surface area contributed by atoms with Crippen molar-refractivity contribution in [3.63, 3.8) is 0 Å². The van der Waals surface area contributed by atoms with Crippen LogP contribution in [0.4, 0.5) is 14.9 Å². The zero-order chi connectivity index (χ0) is 21.8. The first-order chi connectivity index (χ1) is 15.0. The number of benzene rings is 2. The van der Waals surface area contributed by atoms with E-state index in [-0.39, 0.29) is 19.1 Å². The monoisotopic (exact) mass is 439 g/mol. The molecule has 9 heteroatoms. The Labute approximate surface area is 183 Å². The molecule has 4 rings (SSSR count). The molecule has 0 radical (unpaired) electrons. The van der Waals surface area contributed by atoms with E-state index in [0.29, 0.717) is 27.3 Å². The third kappa shape index (κ3) is 4.77. The molecule has 0 fully saturated rings. The van der Waals surface area contributed by atoms with Crippen molar-refractivity contribution in [1.29, 1.82) is 0 Å². The molecule has 160 valence electrons. The number of rotatable bonds is 5. The number of aromatic nitrogens is 1. The molecule has 0 aliphatic carbocycles. The second-order valence-electron chi connectivity index (χ2n) is 6.76. The first kappa shape index (κ1) is 20.7. The molecule has 1 atom stereocenters. The van der Waals surface area contributed by atoms with Crippen LogP contribution in [-0.4, -0.2) is 36.3 Å². The largest absolute Gasteiger partial charge is 0.485 e. The molecular formula is C22H21N3O5S. The minimum Gasteiger partial charge on any atom is -0.485 e. The predicted octanol–water partition coefficient (Wildman–Crippen LogP) is 4.47. The summed E-state index contributed by atoms with van der Waals surface area (Å²) in [7, 11) is 0. The quantitative estimate of drug-likeness (QED) is 0.609. The Morgan fingerprint density at radius 2 is 1.87 bits per heavy atom. The molecule has 31 heavy (non-hydrogen) atoms. The SMILES string of the molecule is CCOC(=O)Nc1sc(NC(=O)C2COc3ccccc3O2)nc1-c1ccc(C)cc1. The van der Waals surface area contributed by atoms with E-state index in [2.05, 4.69) is 15.6 Å². The lowest BCUT2D eigenvalue weighted by molar-refractivity contribution is -0.125. The summed E-state index contributed by atoms with van der Waals surface area (Å²) in [4.78, 5) is 29.2. The maximum Gasteiger partial charge on any atom is 0.412 e. The summed E-state index contributed by atoms with van der Waals surface area (Å²) >= 11 is 1.14. The minimum atomic E-state index is -0.817. The molecule has 1 aliphatic rings. The zero-order valence-electron chi connectivity index (χ0n) is 17.0. The van der Waals surface area contributed by atoms with Crippen molar-refractivity contribution in [2.24, 2.45) is 0 Å². The van der Waals surface area contributed by atoms with E-state index in [9.17, 15) is 9.59 Å². The van der Waals surface area contributed by atoms with E-state index < -0.39 is 12.2 Å². The highest BCUT2D eigenvalue weighted by Crippen LogP contribution is 2.37. The fourth-order valence-electron chi connectivity index (χ4n) is 2.96. The number of nitrogens with one attached hydrogen (secondary N) is 2. The Morgan fingerprint density at radius 1 is 1.13 bits per heavy atom. The van der Waals surface area contributed by atoms with Crippen molar-refractivity contribution < 1.29 is 23.8 Å².